The number of alkyl halides is 3. The lowest BCUT2D eigenvalue weighted by atomic mass is 9.76. The monoisotopic (exact) mass is 491 g/mol. The van der Waals surface area contributed by atoms with Crippen LogP contribution >= 0.6 is 0 Å². The number of ether oxygens (including phenoxy) is 1. The summed E-state index contributed by atoms with van der Waals surface area (Å²) in [7, 11) is -3.30. The van der Waals surface area contributed by atoms with Crippen LogP contribution in [0.15, 0.2) is 30.5 Å². The third-order valence-corrected chi connectivity index (χ3v) is 6.12. The van der Waals surface area contributed by atoms with Crippen molar-refractivity contribution in [2.75, 3.05) is 12.4 Å². The first-order chi connectivity index (χ1) is 16.9. The Labute approximate surface area is 194 Å². The Balaban J connectivity index is 2.13. The average Bonchev–Trinajstić information content (AvgIpc) is 3.04. The van der Waals surface area contributed by atoms with Crippen molar-refractivity contribution in [3.8, 4) is 5.75 Å². The Kier molecular flexibility index (Phi) is 5.40. The number of aromatic nitrogens is 1. The lowest BCUT2D eigenvalue weighted by molar-refractivity contribution is -0.607. The van der Waals surface area contributed by atoms with Crippen molar-refractivity contribution in [3.63, 3.8) is 0 Å². The van der Waals surface area contributed by atoms with Crippen LogP contribution in [0, 0.1) is 22.8 Å². The fourth-order valence-electron chi connectivity index (χ4n) is 4.09. The molecule has 8 nitrogen and oxygen atoms in total. The lowest BCUT2D eigenvalue weighted by Gasteiger charge is -2.33. The Morgan fingerprint density at radius 1 is 1.32 bits per heavy atom. The molecule has 2 heterocycles. The minimum Gasteiger partial charge on any atom is -0.618 e. The highest BCUT2D eigenvalue weighted by Crippen LogP contribution is 2.51. The summed E-state index contributed by atoms with van der Waals surface area (Å²) in [5.74, 6) is -9.81. The number of nitrogens with one attached hydrogen (secondary N) is 2. The predicted molar refractivity (Wildman–Crippen MR) is 109 cm³/mol. The summed E-state index contributed by atoms with van der Waals surface area (Å²) in [5, 5.41) is 16.1. The van der Waals surface area contributed by atoms with E-state index in [0.717, 1.165) is 38.2 Å². The summed E-state index contributed by atoms with van der Waals surface area (Å²) in [6.45, 7) is 1.86. The zero-order valence-electron chi connectivity index (χ0n) is 20.7. The molecule has 1 aromatic heterocycles. The zero-order chi connectivity index (χ0) is 28.1. The number of carbonyl (C=O) groups is 2. The summed E-state index contributed by atoms with van der Waals surface area (Å²) < 4.78 is 97.5. The van der Waals surface area contributed by atoms with Gasteiger partial charge in [-0.2, -0.15) is 22.3 Å². The molecule has 1 fully saturated rings. The van der Waals surface area contributed by atoms with Gasteiger partial charge < -0.3 is 21.0 Å². The standard InChI is InChI=1S/C21H21F5N4O4/c1-9-14(11-4-5-12(22)15(23)17(11)34-3)16(29-20(9,2)21(24,25)26)19(32)28-10-6-7-30(33)13(8-10)18(27)31/h4-9,14,16,29H,1-3H3,(H2,27,31)(H,28,32)/t9-,14-,16+,20+/m0/s1/i3D3. The molecule has 0 bridgehead atoms. The Hall–Kier alpha value is -3.48. The first-order valence-corrected chi connectivity index (χ1v) is 9.72. The van der Waals surface area contributed by atoms with Crippen molar-refractivity contribution < 1.29 is 45.1 Å². The maximum atomic E-state index is 14.7. The number of rotatable bonds is 5. The van der Waals surface area contributed by atoms with E-state index in [2.05, 4.69) is 15.4 Å². The minimum absolute atomic E-state index is 0.108. The molecule has 13 heteroatoms. The number of amides is 2. The van der Waals surface area contributed by atoms with Gasteiger partial charge in [0.1, 0.15) is 5.54 Å². The number of nitrogens with two attached hydrogens (primary N) is 1. The second-order valence-corrected chi connectivity index (χ2v) is 8.00. The Morgan fingerprint density at radius 3 is 2.59 bits per heavy atom. The van der Waals surface area contributed by atoms with Gasteiger partial charge in [-0.15, -0.1) is 0 Å². The quantitative estimate of drug-likeness (QED) is 0.337. The molecular formula is C21H21F5N4O4. The SMILES string of the molecule is [2H]C([2H])([2H])Oc1c([C@H]2[C@H](C(=O)Nc3cc[n+]([O-])c(C(N)=O)c3)N[C@@](C)(C(F)(F)F)[C@H]2C)ccc(F)c1F. The molecule has 4 atom stereocenters. The van der Waals surface area contributed by atoms with Crippen LogP contribution in [0.3, 0.4) is 0 Å². The molecular weight excluding hydrogens is 467 g/mol. The van der Waals surface area contributed by atoms with Gasteiger partial charge in [-0.05, 0) is 18.9 Å². The van der Waals surface area contributed by atoms with Crippen LogP contribution in [0.1, 0.15) is 39.9 Å². The normalized spacial score (nSPS) is 26.3. The van der Waals surface area contributed by atoms with Gasteiger partial charge in [0.15, 0.2) is 17.8 Å². The zero-order valence-corrected chi connectivity index (χ0v) is 17.7. The number of hydrogen-bond donors (Lipinski definition) is 3. The molecule has 1 saturated heterocycles. The van der Waals surface area contributed by atoms with E-state index in [1.54, 1.807) is 0 Å². The van der Waals surface area contributed by atoms with Crippen molar-refractivity contribution in [2.24, 2.45) is 11.7 Å². The van der Waals surface area contributed by atoms with E-state index in [4.69, 9.17) is 9.85 Å². The average molecular weight is 491 g/mol. The summed E-state index contributed by atoms with van der Waals surface area (Å²) in [4.78, 5) is 24.6. The van der Waals surface area contributed by atoms with Gasteiger partial charge >= 0.3 is 12.1 Å². The molecule has 2 amide bonds. The first-order valence-electron chi connectivity index (χ1n) is 11.2. The van der Waals surface area contributed by atoms with E-state index in [1.165, 1.54) is 0 Å². The van der Waals surface area contributed by atoms with E-state index in [1.807, 2.05) is 0 Å². The van der Waals surface area contributed by atoms with Crippen molar-refractivity contribution in [2.45, 2.75) is 37.5 Å². The van der Waals surface area contributed by atoms with Crippen LogP contribution in [0.2, 0.25) is 0 Å². The maximum absolute atomic E-state index is 14.7. The smallest absolute Gasteiger partial charge is 0.406 e. The van der Waals surface area contributed by atoms with Crippen LogP contribution in [-0.4, -0.2) is 36.6 Å². The number of anilines is 1. The van der Waals surface area contributed by atoms with Crippen molar-refractivity contribution in [3.05, 3.63) is 58.6 Å². The molecule has 0 saturated carbocycles. The number of benzene rings is 1. The number of methoxy groups -OCH3 is 1. The van der Waals surface area contributed by atoms with E-state index in [9.17, 15) is 36.7 Å². The Bertz CT molecular complexity index is 1240. The molecule has 1 aliphatic heterocycles. The second-order valence-electron chi connectivity index (χ2n) is 8.00. The fourth-order valence-corrected chi connectivity index (χ4v) is 4.09. The third-order valence-electron chi connectivity index (χ3n) is 6.12. The van der Waals surface area contributed by atoms with Gasteiger partial charge in [0.25, 0.3) is 5.69 Å². The van der Waals surface area contributed by atoms with Crippen molar-refractivity contribution >= 4 is 17.5 Å². The molecule has 0 spiro atoms. The second kappa shape index (κ2) is 8.70. The molecule has 1 aliphatic rings. The molecule has 34 heavy (non-hydrogen) atoms. The van der Waals surface area contributed by atoms with Gasteiger partial charge in [-0.25, -0.2) is 4.39 Å². The van der Waals surface area contributed by atoms with Crippen LogP contribution < -0.4 is 25.8 Å². The largest absolute Gasteiger partial charge is 0.618 e. The molecule has 3 rings (SSSR count). The van der Waals surface area contributed by atoms with Crippen LogP contribution in [-0.2, 0) is 4.79 Å². The molecule has 0 radical (unpaired) electrons. The summed E-state index contributed by atoms with van der Waals surface area (Å²) in [6, 6.07) is 1.57. The summed E-state index contributed by atoms with van der Waals surface area (Å²) in [5.41, 5.74) is 1.11. The predicted octanol–water partition coefficient (Wildman–Crippen LogP) is 2.36. The van der Waals surface area contributed by atoms with E-state index >= 15 is 0 Å². The van der Waals surface area contributed by atoms with Crippen molar-refractivity contribution in [1.82, 2.24) is 5.32 Å². The van der Waals surface area contributed by atoms with Crippen LogP contribution in [0.4, 0.5) is 27.6 Å². The number of pyridine rings is 1. The fraction of sp³-hybridized carbons (Fsp3) is 0.381. The number of primary amides is 1. The highest BCUT2D eigenvalue weighted by Gasteiger charge is 2.64. The maximum Gasteiger partial charge on any atom is 0.406 e. The molecule has 184 valence electrons. The van der Waals surface area contributed by atoms with Crippen LogP contribution in [0.25, 0.3) is 0 Å². The highest BCUT2D eigenvalue weighted by atomic mass is 19.4. The van der Waals surface area contributed by atoms with Gasteiger partial charge in [0.05, 0.1) is 22.9 Å². The van der Waals surface area contributed by atoms with E-state index in [-0.39, 0.29) is 10.4 Å². The van der Waals surface area contributed by atoms with Gasteiger partial charge in [-0.1, -0.05) is 13.0 Å². The van der Waals surface area contributed by atoms with E-state index in [0.29, 0.717) is 6.07 Å². The summed E-state index contributed by atoms with van der Waals surface area (Å²) >= 11 is 0. The first kappa shape index (κ1) is 21.1. The number of halogens is 5. The van der Waals surface area contributed by atoms with E-state index < -0.39 is 77.1 Å². The number of hydrogen-bond acceptors (Lipinski definition) is 5. The molecule has 0 aliphatic carbocycles. The number of carbonyl (C=O) groups excluding carboxylic acids is 2. The minimum atomic E-state index is -4.94. The topological polar surface area (TPSA) is 120 Å². The van der Waals surface area contributed by atoms with Gasteiger partial charge in [-0.3, -0.25) is 14.9 Å². The molecule has 4 N–H and O–H groups in total. The molecule has 0 unspecified atom stereocenters. The lowest BCUT2D eigenvalue weighted by Crippen LogP contribution is -2.56. The summed E-state index contributed by atoms with van der Waals surface area (Å²) in [6.07, 6.45) is -4.11. The highest BCUT2D eigenvalue weighted by molar-refractivity contribution is 5.97. The van der Waals surface area contributed by atoms with Gasteiger partial charge in [0.2, 0.25) is 11.7 Å². The van der Waals surface area contributed by atoms with Gasteiger partial charge in [0, 0.05) is 23.6 Å². The molecule has 2 aromatic rings. The third kappa shape index (κ3) is 4.11. The van der Waals surface area contributed by atoms with Crippen LogP contribution in [0.5, 0.6) is 5.75 Å². The Morgan fingerprint density at radius 2 is 2.00 bits per heavy atom. The number of nitrogens with zero attached hydrogens (tertiary/aromatic N) is 1. The molecule has 1 aromatic carbocycles. The van der Waals surface area contributed by atoms with Crippen molar-refractivity contribution in [1.29, 1.82) is 0 Å².